The summed E-state index contributed by atoms with van der Waals surface area (Å²) in [5.41, 5.74) is -0.196. The summed E-state index contributed by atoms with van der Waals surface area (Å²) in [7, 11) is 0. The van der Waals surface area contributed by atoms with Gasteiger partial charge >= 0.3 is 23.9 Å². The Hall–Kier alpha value is -3.16. The van der Waals surface area contributed by atoms with Crippen molar-refractivity contribution in [3.63, 3.8) is 0 Å². The number of fused-ring (bicyclic) bond motifs is 3. The summed E-state index contributed by atoms with van der Waals surface area (Å²) in [6.45, 7) is 12.0. The second kappa shape index (κ2) is 12.8. The number of carbonyl (C=O) groups excluding carboxylic acids is 3. The molecular formula is C35H46O8. The fourth-order valence-electron chi connectivity index (χ4n) is 9.51. The van der Waals surface area contributed by atoms with Crippen molar-refractivity contribution in [3.05, 3.63) is 50.1 Å². The van der Waals surface area contributed by atoms with Gasteiger partial charge in [-0.25, -0.2) is 14.4 Å². The number of carboxylic acids is 1. The van der Waals surface area contributed by atoms with Gasteiger partial charge in [0, 0.05) is 30.1 Å². The van der Waals surface area contributed by atoms with Crippen molar-refractivity contribution < 1.29 is 38.5 Å². The van der Waals surface area contributed by atoms with E-state index in [4.69, 9.17) is 19.3 Å². The lowest BCUT2D eigenvalue weighted by atomic mass is 9.50. The quantitative estimate of drug-likeness (QED) is 0.183. The van der Waals surface area contributed by atoms with Gasteiger partial charge in [-0.05, 0) is 107 Å². The molecule has 8 fully saturated rings. The molecule has 0 aromatic heterocycles. The molecular weight excluding hydrogens is 548 g/mol. The minimum atomic E-state index is -0.981. The molecule has 0 aromatic carbocycles. The molecule has 8 nitrogen and oxygen atoms in total. The highest BCUT2D eigenvalue weighted by Gasteiger charge is 2.63. The van der Waals surface area contributed by atoms with Crippen molar-refractivity contribution in [1.82, 2.24) is 0 Å². The van der Waals surface area contributed by atoms with Crippen molar-refractivity contribution in [2.24, 2.45) is 53.3 Å². The van der Waals surface area contributed by atoms with Crippen molar-refractivity contribution in [2.75, 3.05) is 0 Å². The summed E-state index contributed by atoms with van der Waals surface area (Å²) < 4.78 is 16.2. The van der Waals surface area contributed by atoms with E-state index in [1.807, 2.05) is 0 Å². The average Bonchev–Trinajstić information content (AvgIpc) is 3.82. The topological polar surface area (TPSA) is 116 Å². The van der Waals surface area contributed by atoms with E-state index in [0.717, 1.165) is 48.7 Å². The van der Waals surface area contributed by atoms with E-state index in [2.05, 4.69) is 38.8 Å². The molecule has 1 aliphatic heterocycles. The van der Waals surface area contributed by atoms with Gasteiger partial charge in [0.15, 0.2) is 0 Å². The van der Waals surface area contributed by atoms with Gasteiger partial charge in [-0.3, -0.25) is 4.79 Å². The van der Waals surface area contributed by atoms with Crippen LogP contribution in [0.15, 0.2) is 50.1 Å². The molecule has 43 heavy (non-hydrogen) atoms. The first-order valence-corrected chi connectivity index (χ1v) is 16.0. The third-order valence-corrected chi connectivity index (χ3v) is 11.4. The zero-order valence-corrected chi connectivity index (χ0v) is 25.2. The van der Waals surface area contributed by atoms with Crippen LogP contribution in [0.4, 0.5) is 0 Å². The van der Waals surface area contributed by atoms with Crippen LogP contribution < -0.4 is 0 Å². The smallest absolute Gasteiger partial charge is 0.330 e. The molecule has 7 unspecified atom stereocenters. The third kappa shape index (κ3) is 6.53. The fraction of sp³-hybridized carbons (Fsp3) is 0.657. The first-order chi connectivity index (χ1) is 20.5. The molecule has 0 aromatic rings. The Morgan fingerprint density at radius 1 is 0.860 bits per heavy atom. The molecule has 7 atom stereocenters. The molecule has 9 aliphatic rings. The molecule has 8 bridgehead atoms. The van der Waals surface area contributed by atoms with Gasteiger partial charge in [0.2, 0.25) is 0 Å². The highest BCUT2D eigenvalue weighted by molar-refractivity contribution is 5.82. The molecule has 1 N–H and O–H groups in total. The summed E-state index contributed by atoms with van der Waals surface area (Å²) in [5.74, 6) is 3.92. The van der Waals surface area contributed by atoms with Gasteiger partial charge in [0.25, 0.3) is 0 Å². The summed E-state index contributed by atoms with van der Waals surface area (Å²) in [6, 6.07) is 0. The first kappa shape index (κ1) is 31.3. The lowest BCUT2D eigenvalue weighted by Gasteiger charge is -2.58. The van der Waals surface area contributed by atoms with E-state index in [9.17, 15) is 19.2 Å². The lowest BCUT2D eigenvalue weighted by Crippen LogP contribution is -2.57. The average molecular weight is 595 g/mol. The van der Waals surface area contributed by atoms with Crippen molar-refractivity contribution >= 4 is 23.9 Å². The van der Waals surface area contributed by atoms with Crippen LogP contribution in [0, 0.1) is 53.3 Å². The molecule has 9 rings (SSSR count). The molecule has 8 aliphatic carbocycles. The molecule has 0 spiro atoms. The summed E-state index contributed by atoms with van der Waals surface area (Å²) in [4.78, 5) is 43.2. The molecule has 0 amide bonds. The number of hydrogen-bond acceptors (Lipinski definition) is 7. The number of esters is 3. The summed E-state index contributed by atoms with van der Waals surface area (Å²) in [6.07, 6.45) is 20.3. The van der Waals surface area contributed by atoms with E-state index >= 15 is 0 Å². The molecule has 234 valence electrons. The molecule has 1 heterocycles. The van der Waals surface area contributed by atoms with Gasteiger partial charge in [-0.15, -0.1) is 0 Å². The van der Waals surface area contributed by atoms with Crippen molar-refractivity contribution in [2.45, 2.75) is 88.9 Å². The Morgan fingerprint density at radius 2 is 1.42 bits per heavy atom. The van der Waals surface area contributed by atoms with Gasteiger partial charge in [-0.2, -0.15) is 0 Å². The van der Waals surface area contributed by atoms with Gasteiger partial charge in [0.05, 0.1) is 5.92 Å². The first-order valence-electron chi connectivity index (χ1n) is 16.0. The van der Waals surface area contributed by atoms with Gasteiger partial charge in [0.1, 0.15) is 17.8 Å². The minimum absolute atomic E-state index is 0.0682. The van der Waals surface area contributed by atoms with Gasteiger partial charge < -0.3 is 19.3 Å². The number of carbonyl (C=O) groups is 4. The summed E-state index contributed by atoms with van der Waals surface area (Å²) >= 11 is 0. The van der Waals surface area contributed by atoms with E-state index in [1.54, 1.807) is 0 Å². The van der Waals surface area contributed by atoms with Crippen molar-refractivity contribution in [1.29, 1.82) is 0 Å². The zero-order chi connectivity index (χ0) is 30.9. The second-order valence-electron chi connectivity index (χ2n) is 13.9. The number of hydrogen-bond donors (Lipinski definition) is 1. The number of ether oxygens (including phenoxy) is 3. The van der Waals surface area contributed by atoms with Crippen molar-refractivity contribution in [3.8, 4) is 0 Å². The lowest BCUT2D eigenvalue weighted by molar-refractivity contribution is -0.198. The third-order valence-electron chi connectivity index (χ3n) is 11.4. The van der Waals surface area contributed by atoms with Crippen LogP contribution >= 0.6 is 0 Å². The van der Waals surface area contributed by atoms with E-state index < -0.39 is 11.9 Å². The van der Waals surface area contributed by atoms with E-state index in [0.29, 0.717) is 17.8 Å². The monoisotopic (exact) mass is 594 g/mol. The number of allylic oxidation sites excluding steroid dienone is 2. The molecule has 0 radical (unpaired) electrons. The predicted octanol–water partition coefficient (Wildman–Crippen LogP) is 5.83. The molecule has 8 heteroatoms. The number of aliphatic carboxylic acids is 1. The standard InChI is InChI=1S/C14H20O2.C11H12O4.C7H10.C3H4O2/c1-3-13(15)16-14(2)11-5-9-4-10(7-11)8-12(14)6-9;1-2-8(12)14-9-5-3-6-7(4-5)11(13)15-10(6)9;1-2-7-4-3-6(1)5-7;1-2-3(4)5/h3,9-12H,1,4-8H2,2H3;2,5-7,9-10H,1,3-4H2;1-2,6-7H,3-5H2;2H,1H2,(H,4,5). The van der Waals surface area contributed by atoms with Crippen LogP contribution in [-0.4, -0.2) is 46.8 Å². The minimum Gasteiger partial charge on any atom is -0.478 e. The van der Waals surface area contributed by atoms with Crippen LogP contribution in [0.2, 0.25) is 0 Å². The maximum Gasteiger partial charge on any atom is 0.330 e. The Bertz CT molecular complexity index is 1130. The number of carboxylic acid groups (broad SMARTS) is 1. The van der Waals surface area contributed by atoms with Crippen LogP contribution in [0.1, 0.15) is 71.1 Å². The largest absolute Gasteiger partial charge is 0.478 e. The maximum absolute atomic E-state index is 11.5. The predicted molar refractivity (Wildman–Crippen MR) is 159 cm³/mol. The molecule has 1 saturated heterocycles. The Kier molecular flexibility index (Phi) is 9.33. The zero-order valence-electron chi connectivity index (χ0n) is 25.2. The Balaban J connectivity index is 0.000000125. The SMILES string of the molecule is C1=CC2CCC1C2.C=CC(=O)O.C=CC(=O)OC1(C)C2CC3CC(C2)CC1C3.C=CC(=O)OC1C2CC3C(=O)OC1C3C2. The second-order valence-corrected chi connectivity index (χ2v) is 13.9. The van der Waals surface area contributed by atoms with Crippen LogP contribution in [0.3, 0.4) is 0 Å². The maximum atomic E-state index is 11.5. The van der Waals surface area contributed by atoms with Crippen LogP contribution in [0.25, 0.3) is 0 Å². The van der Waals surface area contributed by atoms with E-state index in [1.165, 1.54) is 57.4 Å². The number of rotatable bonds is 5. The van der Waals surface area contributed by atoms with Crippen LogP contribution in [-0.2, 0) is 33.4 Å². The van der Waals surface area contributed by atoms with Gasteiger partial charge in [-0.1, -0.05) is 31.9 Å². The fourth-order valence-corrected chi connectivity index (χ4v) is 9.51. The Labute approximate surface area is 254 Å². The highest BCUT2D eigenvalue weighted by Crippen LogP contribution is 2.59. The van der Waals surface area contributed by atoms with E-state index in [-0.39, 0.29) is 41.6 Å². The highest BCUT2D eigenvalue weighted by atomic mass is 16.6. The summed E-state index contributed by atoms with van der Waals surface area (Å²) in [5, 5.41) is 7.60. The van der Waals surface area contributed by atoms with Crippen LogP contribution in [0.5, 0.6) is 0 Å². The molecule has 7 saturated carbocycles. The Morgan fingerprint density at radius 3 is 1.86 bits per heavy atom. The normalized spacial score (nSPS) is 42.3.